The molecule has 0 aliphatic heterocycles. The normalized spacial score (nSPS) is 16.6. The van der Waals surface area contributed by atoms with Gasteiger partial charge in [0.2, 0.25) is 0 Å². The monoisotopic (exact) mass is 264 g/mol. The summed E-state index contributed by atoms with van der Waals surface area (Å²) in [5.41, 5.74) is 2.42. The molecule has 1 aliphatic rings. The Hall–Kier alpha value is -1.09. The summed E-state index contributed by atoms with van der Waals surface area (Å²) < 4.78 is 24.5. The summed E-state index contributed by atoms with van der Waals surface area (Å²) in [7, 11) is -3.17. The van der Waals surface area contributed by atoms with Crippen LogP contribution in [-0.4, -0.2) is 14.2 Å². The molecule has 1 aliphatic carbocycles. The van der Waals surface area contributed by atoms with E-state index in [4.69, 9.17) is 0 Å². The van der Waals surface area contributed by atoms with Crippen LogP contribution in [0.1, 0.15) is 39.0 Å². The van der Waals surface area contributed by atoms with Crippen molar-refractivity contribution in [3.63, 3.8) is 0 Å². The van der Waals surface area contributed by atoms with Gasteiger partial charge in [-0.05, 0) is 44.7 Å². The first-order chi connectivity index (χ1) is 8.59. The zero-order valence-corrected chi connectivity index (χ0v) is 11.7. The molecule has 3 heteroatoms. The highest BCUT2D eigenvalue weighted by Gasteiger charge is 2.17. The maximum atomic E-state index is 12.3. The number of hydrogen-bond acceptors (Lipinski definition) is 2. The summed E-state index contributed by atoms with van der Waals surface area (Å²) in [5.74, 6) is 0.173. The highest BCUT2D eigenvalue weighted by Crippen LogP contribution is 2.27. The van der Waals surface area contributed by atoms with Gasteiger partial charge in [-0.2, -0.15) is 0 Å². The molecule has 1 fully saturated rings. The van der Waals surface area contributed by atoms with Gasteiger partial charge in [0.05, 0.1) is 10.6 Å². The van der Waals surface area contributed by atoms with E-state index in [-0.39, 0.29) is 5.75 Å². The first-order valence-corrected chi connectivity index (χ1v) is 8.20. The van der Waals surface area contributed by atoms with Crippen molar-refractivity contribution in [3.8, 4) is 0 Å². The van der Waals surface area contributed by atoms with Crippen LogP contribution in [0, 0.1) is 0 Å². The molecule has 2 rings (SSSR count). The number of sulfone groups is 1. The van der Waals surface area contributed by atoms with E-state index in [1.54, 1.807) is 24.3 Å². The van der Waals surface area contributed by atoms with Crippen molar-refractivity contribution in [2.45, 2.75) is 43.9 Å². The minimum absolute atomic E-state index is 0.173. The molecule has 0 aromatic heterocycles. The molecule has 1 saturated carbocycles. The highest BCUT2D eigenvalue weighted by molar-refractivity contribution is 7.91. The van der Waals surface area contributed by atoms with Crippen molar-refractivity contribution < 1.29 is 8.42 Å². The van der Waals surface area contributed by atoms with E-state index in [0.29, 0.717) is 4.90 Å². The minimum atomic E-state index is -3.17. The zero-order chi connectivity index (χ0) is 13.0. The topological polar surface area (TPSA) is 34.1 Å². The lowest BCUT2D eigenvalue weighted by molar-refractivity contribution is 0.587. The molecular formula is C15H20O2S. The van der Waals surface area contributed by atoms with Gasteiger partial charge in [-0.15, -0.1) is 0 Å². The molecule has 0 N–H and O–H groups in total. The summed E-state index contributed by atoms with van der Waals surface area (Å²) in [6.07, 6.45) is 5.85. The van der Waals surface area contributed by atoms with Crippen LogP contribution < -0.4 is 0 Å². The van der Waals surface area contributed by atoms with Crippen LogP contribution in [-0.2, 0) is 9.84 Å². The average molecular weight is 264 g/mol. The number of allylic oxidation sites excluding steroid dienone is 1. The Kier molecular flexibility index (Phi) is 4.23. The summed E-state index contributed by atoms with van der Waals surface area (Å²) in [6, 6.07) is 8.74. The van der Waals surface area contributed by atoms with Crippen molar-refractivity contribution in [1.29, 1.82) is 0 Å². The number of rotatable bonds is 3. The Bertz CT molecular complexity index is 519. The van der Waals surface area contributed by atoms with Gasteiger partial charge in [0, 0.05) is 0 Å². The van der Waals surface area contributed by atoms with Crippen molar-refractivity contribution in [2.24, 2.45) is 0 Å². The quantitative estimate of drug-likeness (QED) is 0.779. The molecule has 0 amide bonds. The average Bonchev–Trinajstić information content (AvgIpc) is 2.40. The second-order valence-electron chi connectivity index (χ2n) is 5.02. The van der Waals surface area contributed by atoms with Gasteiger partial charge in [-0.1, -0.05) is 35.8 Å². The van der Waals surface area contributed by atoms with Gasteiger partial charge >= 0.3 is 0 Å². The second-order valence-corrected chi connectivity index (χ2v) is 7.01. The maximum Gasteiger partial charge on any atom is 0.182 e. The fourth-order valence-corrected chi connectivity index (χ4v) is 4.02. The van der Waals surface area contributed by atoms with Crippen molar-refractivity contribution in [3.05, 3.63) is 41.5 Å². The predicted molar refractivity (Wildman–Crippen MR) is 74.3 cm³/mol. The second kappa shape index (κ2) is 5.70. The molecule has 1 aromatic rings. The third-order valence-electron chi connectivity index (χ3n) is 3.57. The molecular weight excluding hydrogens is 244 g/mol. The lowest BCUT2D eigenvalue weighted by Crippen LogP contribution is -2.10. The largest absolute Gasteiger partial charge is 0.223 e. The lowest BCUT2D eigenvalue weighted by atomic mass is 9.92. The van der Waals surface area contributed by atoms with E-state index in [2.05, 4.69) is 0 Å². The lowest BCUT2D eigenvalue weighted by Gasteiger charge is -2.17. The molecule has 1 aromatic carbocycles. The SMILES string of the molecule is CC(CS(=O)(=O)c1ccccc1)=C1CCCCC1. The first-order valence-electron chi connectivity index (χ1n) is 6.55. The third-order valence-corrected chi connectivity index (χ3v) is 5.37. The predicted octanol–water partition coefficient (Wildman–Crippen LogP) is 3.74. The zero-order valence-electron chi connectivity index (χ0n) is 10.9. The van der Waals surface area contributed by atoms with Gasteiger partial charge in [0.15, 0.2) is 9.84 Å². The van der Waals surface area contributed by atoms with Gasteiger partial charge in [0.25, 0.3) is 0 Å². The van der Waals surface area contributed by atoms with Crippen molar-refractivity contribution in [2.75, 3.05) is 5.75 Å². The van der Waals surface area contributed by atoms with Crippen LogP contribution >= 0.6 is 0 Å². The van der Waals surface area contributed by atoms with Crippen LogP contribution in [0.3, 0.4) is 0 Å². The minimum Gasteiger partial charge on any atom is -0.223 e. The molecule has 0 radical (unpaired) electrons. The highest BCUT2D eigenvalue weighted by atomic mass is 32.2. The maximum absolute atomic E-state index is 12.3. The van der Waals surface area contributed by atoms with E-state index >= 15 is 0 Å². The Labute approximate surface area is 110 Å². The van der Waals surface area contributed by atoms with Crippen LogP contribution in [0.2, 0.25) is 0 Å². The molecule has 0 bridgehead atoms. The van der Waals surface area contributed by atoms with E-state index in [1.165, 1.54) is 24.8 Å². The third kappa shape index (κ3) is 3.22. The smallest absolute Gasteiger partial charge is 0.182 e. The van der Waals surface area contributed by atoms with E-state index in [1.807, 2.05) is 13.0 Å². The molecule has 0 atom stereocenters. The van der Waals surface area contributed by atoms with Crippen LogP contribution in [0.5, 0.6) is 0 Å². The first kappa shape index (κ1) is 13.3. The van der Waals surface area contributed by atoms with Crippen LogP contribution in [0.4, 0.5) is 0 Å². The Morgan fingerprint density at radius 1 is 1.06 bits per heavy atom. The molecule has 0 spiro atoms. The number of hydrogen-bond donors (Lipinski definition) is 0. The van der Waals surface area contributed by atoms with Crippen molar-refractivity contribution in [1.82, 2.24) is 0 Å². The van der Waals surface area contributed by atoms with Crippen LogP contribution in [0.15, 0.2) is 46.4 Å². The molecule has 2 nitrogen and oxygen atoms in total. The fourth-order valence-electron chi connectivity index (χ4n) is 2.50. The molecule has 0 unspecified atom stereocenters. The van der Waals surface area contributed by atoms with Crippen LogP contribution in [0.25, 0.3) is 0 Å². The van der Waals surface area contributed by atoms with Gasteiger partial charge in [-0.3, -0.25) is 0 Å². The fraction of sp³-hybridized carbons (Fsp3) is 0.467. The molecule has 98 valence electrons. The Morgan fingerprint density at radius 3 is 2.28 bits per heavy atom. The molecule has 18 heavy (non-hydrogen) atoms. The standard InChI is InChI=1S/C15H20O2S/c1-13(14-8-4-2-5-9-14)12-18(16,17)15-10-6-3-7-11-15/h3,6-7,10-11H,2,4-5,8-9,12H2,1H3. The van der Waals surface area contributed by atoms with Gasteiger partial charge in [-0.25, -0.2) is 8.42 Å². The summed E-state index contributed by atoms with van der Waals surface area (Å²) in [4.78, 5) is 0.431. The molecule has 0 heterocycles. The van der Waals surface area contributed by atoms with Gasteiger partial charge in [0.1, 0.15) is 0 Å². The van der Waals surface area contributed by atoms with E-state index in [9.17, 15) is 8.42 Å². The summed E-state index contributed by atoms with van der Waals surface area (Å²) in [5, 5.41) is 0. The Morgan fingerprint density at radius 2 is 1.67 bits per heavy atom. The van der Waals surface area contributed by atoms with Crippen molar-refractivity contribution >= 4 is 9.84 Å². The van der Waals surface area contributed by atoms with E-state index < -0.39 is 9.84 Å². The van der Waals surface area contributed by atoms with E-state index in [0.717, 1.165) is 18.4 Å². The number of benzene rings is 1. The summed E-state index contributed by atoms with van der Waals surface area (Å²) >= 11 is 0. The summed E-state index contributed by atoms with van der Waals surface area (Å²) in [6.45, 7) is 1.97. The van der Waals surface area contributed by atoms with Gasteiger partial charge < -0.3 is 0 Å². The Balaban J connectivity index is 2.18. The molecule has 0 saturated heterocycles.